The highest BCUT2D eigenvalue weighted by Crippen LogP contribution is 2.25. The minimum atomic E-state index is -0.953. The molecular formula is C19H21NO6. The third-order valence-corrected chi connectivity index (χ3v) is 3.57. The molecule has 0 saturated carbocycles. The Morgan fingerprint density at radius 1 is 1.08 bits per heavy atom. The number of phenolic OH excluding ortho intramolecular Hbond substituents is 2. The van der Waals surface area contributed by atoms with Crippen LogP contribution in [0.1, 0.15) is 22.8 Å². The summed E-state index contributed by atoms with van der Waals surface area (Å²) < 4.78 is 10.3. The number of aromatic hydroxyl groups is 2. The lowest BCUT2D eigenvalue weighted by molar-refractivity contribution is -0.151. The van der Waals surface area contributed by atoms with Crippen LogP contribution >= 0.6 is 0 Å². The van der Waals surface area contributed by atoms with E-state index in [1.54, 1.807) is 43.3 Å². The number of esters is 2. The van der Waals surface area contributed by atoms with Crippen LogP contribution in [0.15, 0.2) is 48.5 Å². The SMILES string of the molecule is CC(COC(=O)c1ccccc1)OC(=O)[C@@H](N)Cc1ccc(O)c(O)c1. The van der Waals surface area contributed by atoms with Crippen molar-refractivity contribution in [3.05, 3.63) is 59.7 Å². The molecule has 0 fully saturated rings. The van der Waals surface area contributed by atoms with Crippen LogP contribution in [0.4, 0.5) is 0 Å². The van der Waals surface area contributed by atoms with Crippen LogP contribution in [-0.2, 0) is 20.7 Å². The molecule has 0 aliphatic rings. The van der Waals surface area contributed by atoms with Gasteiger partial charge in [-0.15, -0.1) is 0 Å². The Morgan fingerprint density at radius 3 is 2.42 bits per heavy atom. The standard InChI is InChI=1S/C19H21NO6/c1-12(11-25-18(23)14-5-3-2-4-6-14)26-19(24)15(20)9-13-7-8-16(21)17(22)10-13/h2-8,10,12,15,21-22H,9,11,20H2,1H3/t12?,15-/m0/s1. The Morgan fingerprint density at radius 2 is 1.77 bits per heavy atom. The maximum atomic E-state index is 12.0. The van der Waals surface area contributed by atoms with Crippen molar-refractivity contribution in [1.82, 2.24) is 0 Å². The van der Waals surface area contributed by atoms with Crippen molar-refractivity contribution < 1.29 is 29.3 Å². The summed E-state index contributed by atoms with van der Waals surface area (Å²) in [5, 5.41) is 18.7. The molecule has 2 atom stereocenters. The van der Waals surface area contributed by atoms with Gasteiger partial charge in [0.1, 0.15) is 18.8 Å². The molecule has 2 aromatic carbocycles. The van der Waals surface area contributed by atoms with E-state index in [1.807, 2.05) is 0 Å². The summed E-state index contributed by atoms with van der Waals surface area (Å²) in [6.45, 7) is 1.50. The zero-order chi connectivity index (χ0) is 19.1. The highest BCUT2D eigenvalue weighted by Gasteiger charge is 2.20. The first kappa shape index (κ1) is 19.3. The molecule has 26 heavy (non-hydrogen) atoms. The van der Waals surface area contributed by atoms with E-state index in [4.69, 9.17) is 15.2 Å². The number of nitrogens with two attached hydrogens (primary N) is 1. The number of hydrogen-bond donors (Lipinski definition) is 3. The van der Waals surface area contributed by atoms with Crippen molar-refractivity contribution in [2.75, 3.05) is 6.61 Å². The predicted octanol–water partition coefficient (Wildman–Crippen LogP) is 1.76. The number of ether oxygens (including phenoxy) is 2. The average Bonchev–Trinajstić information content (AvgIpc) is 2.63. The van der Waals surface area contributed by atoms with Crippen LogP contribution in [0.25, 0.3) is 0 Å². The number of carbonyl (C=O) groups is 2. The number of carbonyl (C=O) groups excluding carboxylic acids is 2. The minimum Gasteiger partial charge on any atom is -0.504 e. The van der Waals surface area contributed by atoms with E-state index in [0.717, 1.165) is 0 Å². The molecule has 0 bridgehead atoms. The van der Waals surface area contributed by atoms with E-state index < -0.39 is 24.1 Å². The average molecular weight is 359 g/mol. The second-order valence-electron chi connectivity index (χ2n) is 5.85. The third-order valence-electron chi connectivity index (χ3n) is 3.57. The van der Waals surface area contributed by atoms with E-state index in [2.05, 4.69) is 0 Å². The molecule has 4 N–H and O–H groups in total. The van der Waals surface area contributed by atoms with Gasteiger partial charge in [0.2, 0.25) is 0 Å². The summed E-state index contributed by atoms with van der Waals surface area (Å²) in [6, 6.07) is 11.7. The highest BCUT2D eigenvalue weighted by molar-refractivity contribution is 5.89. The Hall–Kier alpha value is -3.06. The van der Waals surface area contributed by atoms with Crippen molar-refractivity contribution in [3.8, 4) is 11.5 Å². The van der Waals surface area contributed by atoms with E-state index >= 15 is 0 Å². The second kappa shape index (κ2) is 8.87. The summed E-state index contributed by atoms with van der Waals surface area (Å²) >= 11 is 0. The highest BCUT2D eigenvalue weighted by atomic mass is 16.6. The predicted molar refractivity (Wildman–Crippen MR) is 93.7 cm³/mol. The van der Waals surface area contributed by atoms with Gasteiger partial charge in [-0.05, 0) is 43.2 Å². The van der Waals surface area contributed by atoms with Gasteiger partial charge >= 0.3 is 11.9 Å². The van der Waals surface area contributed by atoms with Gasteiger partial charge in [-0.25, -0.2) is 4.79 Å². The zero-order valence-corrected chi connectivity index (χ0v) is 14.3. The van der Waals surface area contributed by atoms with Crippen LogP contribution in [-0.4, -0.2) is 40.9 Å². The van der Waals surface area contributed by atoms with Crippen molar-refractivity contribution >= 4 is 11.9 Å². The van der Waals surface area contributed by atoms with Crippen molar-refractivity contribution in [2.45, 2.75) is 25.5 Å². The van der Waals surface area contributed by atoms with Crippen LogP contribution < -0.4 is 5.73 Å². The van der Waals surface area contributed by atoms with E-state index in [-0.39, 0.29) is 24.5 Å². The Labute approximate surface area is 151 Å². The number of rotatable bonds is 7. The molecule has 138 valence electrons. The Kier molecular flexibility index (Phi) is 6.57. The van der Waals surface area contributed by atoms with Gasteiger partial charge in [0.15, 0.2) is 11.5 Å². The summed E-state index contributed by atoms with van der Waals surface area (Å²) in [7, 11) is 0. The molecule has 7 heteroatoms. The van der Waals surface area contributed by atoms with Gasteiger partial charge in [-0.1, -0.05) is 24.3 Å². The molecule has 0 aliphatic heterocycles. The molecule has 0 amide bonds. The monoisotopic (exact) mass is 359 g/mol. The largest absolute Gasteiger partial charge is 0.504 e. The molecule has 0 spiro atoms. The lowest BCUT2D eigenvalue weighted by Crippen LogP contribution is -2.37. The first-order valence-electron chi connectivity index (χ1n) is 8.06. The molecule has 7 nitrogen and oxygen atoms in total. The summed E-state index contributed by atoms with van der Waals surface area (Å²) in [6.07, 6.45) is -0.530. The van der Waals surface area contributed by atoms with Crippen molar-refractivity contribution in [2.24, 2.45) is 5.73 Å². The molecule has 0 heterocycles. The van der Waals surface area contributed by atoms with Crippen LogP contribution in [0.3, 0.4) is 0 Å². The normalized spacial score (nSPS) is 12.8. The van der Waals surface area contributed by atoms with E-state index in [1.165, 1.54) is 12.1 Å². The van der Waals surface area contributed by atoms with Crippen LogP contribution in [0, 0.1) is 0 Å². The molecule has 0 saturated heterocycles. The first-order valence-corrected chi connectivity index (χ1v) is 8.06. The lowest BCUT2D eigenvalue weighted by atomic mass is 10.1. The number of benzene rings is 2. The molecule has 0 aromatic heterocycles. The van der Waals surface area contributed by atoms with Gasteiger partial charge in [0, 0.05) is 0 Å². The maximum Gasteiger partial charge on any atom is 0.338 e. The Bertz CT molecular complexity index is 762. The topological polar surface area (TPSA) is 119 Å². The molecular weight excluding hydrogens is 338 g/mol. The third kappa shape index (κ3) is 5.49. The van der Waals surface area contributed by atoms with Crippen LogP contribution in [0.2, 0.25) is 0 Å². The quantitative estimate of drug-likeness (QED) is 0.509. The molecule has 0 aliphatic carbocycles. The lowest BCUT2D eigenvalue weighted by Gasteiger charge is -2.17. The molecule has 2 rings (SSSR count). The fourth-order valence-corrected chi connectivity index (χ4v) is 2.20. The smallest absolute Gasteiger partial charge is 0.338 e. The molecule has 0 radical (unpaired) electrons. The van der Waals surface area contributed by atoms with E-state index in [9.17, 15) is 19.8 Å². The molecule has 1 unspecified atom stereocenters. The second-order valence-corrected chi connectivity index (χ2v) is 5.85. The van der Waals surface area contributed by atoms with Gasteiger partial charge in [0.25, 0.3) is 0 Å². The van der Waals surface area contributed by atoms with Gasteiger partial charge in [0.05, 0.1) is 5.56 Å². The fourth-order valence-electron chi connectivity index (χ4n) is 2.20. The number of hydrogen-bond acceptors (Lipinski definition) is 7. The van der Waals surface area contributed by atoms with E-state index in [0.29, 0.717) is 11.1 Å². The number of phenols is 2. The fraction of sp³-hybridized carbons (Fsp3) is 0.263. The summed E-state index contributed by atoms with van der Waals surface area (Å²) in [4.78, 5) is 23.9. The van der Waals surface area contributed by atoms with Gasteiger partial charge < -0.3 is 25.4 Å². The summed E-state index contributed by atoms with van der Waals surface area (Å²) in [5.74, 6) is -1.69. The minimum absolute atomic E-state index is 0.0911. The maximum absolute atomic E-state index is 12.0. The van der Waals surface area contributed by atoms with Crippen LogP contribution in [0.5, 0.6) is 11.5 Å². The van der Waals surface area contributed by atoms with Gasteiger partial charge in [-0.2, -0.15) is 0 Å². The zero-order valence-electron chi connectivity index (χ0n) is 14.3. The van der Waals surface area contributed by atoms with Gasteiger partial charge in [-0.3, -0.25) is 4.79 Å². The molecule has 2 aromatic rings. The van der Waals surface area contributed by atoms with Crippen molar-refractivity contribution in [3.63, 3.8) is 0 Å². The van der Waals surface area contributed by atoms with Crippen molar-refractivity contribution in [1.29, 1.82) is 0 Å². The summed E-state index contributed by atoms with van der Waals surface area (Å²) in [5.41, 5.74) is 6.79. The Balaban J connectivity index is 1.80. The first-order chi connectivity index (χ1) is 12.4.